The first-order valence-corrected chi connectivity index (χ1v) is 9.06. The highest BCUT2D eigenvalue weighted by Gasteiger charge is 2.49. The van der Waals surface area contributed by atoms with Gasteiger partial charge in [0.2, 0.25) is 0 Å². The van der Waals surface area contributed by atoms with E-state index in [2.05, 4.69) is 0 Å². The summed E-state index contributed by atoms with van der Waals surface area (Å²) in [6.45, 7) is 5.49. The van der Waals surface area contributed by atoms with Gasteiger partial charge in [-0.15, -0.1) is 0 Å². The van der Waals surface area contributed by atoms with Crippen LogP contribution in [0.2, 0.25) is 0 Å². The second-order valence-electron chi connectivity index (χ2n) is 8.41. The highest BCUT2D eigenvalue weighted by Crippen LogP contribution is 2.45. The third-order valence-electron chi connectivity index (χ3n) is 5.18. The van der Waals surface area contributed by atoms with Gasteiger partial charge in [-0.25, -0.2) is 9.18 Å². The van der Waals surface area contributed by atoms with Crippen LogP contribution in [-0.4, -0.2) is 33.8 Å². The molecule has 2 bridgehead atoms. The van der Waals surface area contributed by atoms with E-state index in [0.29, 0.717) is 18.4 Å². The van der Waals surface area contributed by atoms with Crippen LogP contribution in [-0.2, 0) is 10.3 Å². The average Bonchev–Trinajstić information content (AvgIpc) is 2.51. The van der Waals surface area contributed by atoms with E-state index in [9.17, 15) is 14.3 Å². The summed E-state index contributed by atoms with van der Waals surface area (Å²) in [6, 6.07) is 5.61. The topological polar surface area (TPSA) is 73.6 Å². The van der Waals surface area contributed by atoms with Crippen LogP contribution in [0.25, 0.3) is 0 Å². The number of halogens is 1. The van der Waals surface area contributed by atoms with Crippen LogP contribution in [0.3, 0.4) is 0 Å². The Kier molecular flexibility index (Phi) is 4.70. The molecule has 2 aliphatic heterocycles. The summed E-state index contributed by atoms with van der Waals surface area (Å²) in [5, 5.41) is 20.4. The van der Waals surface area contributed by atoms with Gasteiger partial charge in [0.15, 0.2) is 0 Å². The van der Waals surface area contributed by atoms with Crippen LogP contribution >= 0.6 is 0 Å². The van der Waals surface area contributed by atoms with Gasteiger partial charge < -0.3 is 14.7 Å². The molecule has 140 valence electrons. The first-order chi connectivity index (χ1) is 12.1. The van der Waals surface area contributed by atoms with Gasteiger partial charge in [0.1, 0.15) is 11.4 Å². The largest absolute Gasteiger partial charge is 0.444 e. The van der Waals surface area contributed by atoms with Crippen LogP contribution in [0.15, 0.2) is 18.2 Å². The first kappa shape index (κ1) is 18.7. The van der Waals surface area contributed by atoms with Crippen LogP contribution in [0.5, 0.6) is 0 Å². The number of amides is 1. The minimum absolute atomic E-state index is 0.156. The van der Waals surface area contributed by atoms with Crippen LogP contribution in [0, 0.1) is 17.1 Å². The second kappa shape index (κ2) is 6.55. The quantitative estimate of drug-likeness (QED) is 0.826. The minimum Gasteiger partial charge on any atom is -0.444 e. The zero-order chi connectivity index (χ0) is 19.1. The standard InChI is InChI=1S/C20H25FN2O3/c1-19(2,3)26-18(24)23-16-5-4-6-17(23)11-20(25,10-16)14-7-13(12-22)8-15(21)9-14/h7-9,16-17,25H,4-6,10-11H2,1-3H3. The maximum atomic E-state index is 13.9. The van der Waals surface area contributed by atoms with Crippen LogP contribution in [0.1, 0.15) is 64.0 Å². The van der Waals surface area contributed by atoms with Gasteiger partial charge in [0.05, 0.1) is 17.2 Å². The van der Waals surface area contributed by atoms with Gasteiger partial charge in [-0.3, -0.25) is 0 Å². The Morgan fingerprint density at radius 3 is 2.46 bits per heavy atom. The van der Waals surface area contributed by atoms with Crippen molar-refractivity contribution in [2.75, 3.05) is 0 Å². The molecule has 2 fully saturated rings. The Hall–Kier alpha value is -2.13. The number of nitrogens with zero attached hydrogens (tertiary/aromatic N) is 2. The molecule has 0 saturated carbocycles. The fourth-order valence-electron chi connectivity index (χ4n) is 4.20. The van der Waals surface area contributed by atoms with E-state index in [1.54, 1.807) is 11.0 Å². The van der Waals surface area contributed by atoms with Crippen molar-refractivity contribution in [2.45, 2.75) is 76.2 Å². The van der Waals surface area contributed by atoms with Gasteiger partial charge in [0, 0.05) is 24.9 Å². The van der Waals surface area contributed by atoms with Crippen molar-refractivity contribution in [3.63, 3.8) is 0 Å². The summed E-state index contributed by atoms with van der Waals surface area (Å²) in [6.07, 6.45) is 2.81. The summed E-state index contributed by atoms with van der Waals surface area (Å²) in [7, 11) is 0. The van der Waals surface area contributed by atoms with E-state index < -0.39 is 17.0 Å². The van der Waals surface area contributed by atoms with Crippen molar-refractivity contribution in [1.82, 2.24) is 4.90 Å². The number of piperidine rings is 2. The lowest BCUT2D eigenvalue weighted by Crippen LogP contribution is -2.59. The Labute approximate surface area is 153 Å². The predicted octanol–water partition coefficient (Wildman–Crippen LogP) is 3.84. The molecule has 2 heterocycles. The fourth-order valence-corrected chi connectivity index (χ4v) is 4.20. The third kappa shape index (κ3) is 3.68. The summed E-state index contributed by atoms with van der Waals surface area (Å²) in [5.74, 6) is -0.535. The van der Waals surface area contributed by atoms with Crippen molar-refractivity contribution < 1.29 is 19.0 Å². The lowest BCUT2D eigenvalue weighted by molar-refractivity contribution is -0.0966. The SMILES string of the molecule is CC(C)(C)OC(=O)N1C2CCCC1CC(O)(c1cc(F)cc(C#N)c1)C2. The van der Waals surface area contributed by atoms with Crippen molar-refractivity contribution in [2.24, 2.45) is 0 Å². The Balaban J connectivity index is 1.89. The molecular formula is C20H25FN2O3. The Bertz CT molecular complexity index is 736. The number of carbonyl (C=O) groups is 1. The smallest absolute Gasteiger partial charge is 0.410 e. The normalized spacial score (nSPS) is 28.4. The summed E-state index contributed by atoms with van der Waals surface area (Å²) >= 11 is 0. The van der Waals surface area contributed by atoms with E-state index in [1.807, 2.05) is 26.8 Å². The van der Waals surface area contributed by atoms with E-state index in [-0.39, 0.29) is 23.7 Å². The molecule has 3 rings (SSSR count). The van der Waals surface area contributed by atoms with Gasteiger partial charge in [-0.2, -0.15) is 5.26 Å². The number of aliphatic hydroxyl groups is 1. The van der Waals surface area contributed by atoms with Crippen LogP contribution in [0.4, 0.5) is 9.18 Å². The second-order valence-corrected chi connectivity index (χ2v) is 8.41. The molecule has 5 nitrogen and oxygen atoms in total. The molecule has 2 aliphatic rings. The molecule has 0 aromatic heterocycles. The van der Waals surface area contributed by atoms with Crippen molar-refractivity contribution in [1.29, 1.82) is 5.26 Å². The minimum atomic E-state index is -1.25. The number of benzene rings is 1. The molecule has 1 aromatic rings. The molecule has 0 spiro atoms. The number of carbonyl (C=O) groups excluding carboxylic acids is 1. The highest BCUT2D eigenvalue weighted by atomic mass is 19.1. The third-order valence-corrected chi connectivity index (χ3v) is 5.18. The highest BCUT2D eigenvalue weighted by molar-refractivity contribution is 5.69. The van der Waals surface area contributed by atoms with E-state index in [1.165, 1.54) is 6.07 Å². The van der Waals surface area contributed by atoms with E-state index >= 15 is 0 Å². The molecule has 2 atom stereocenters. The number of hydrogen-bond acceptors (Lipinski definition) is 4. The average molecular weight is 360 g/mol. The lowest BCUT2D eigenvalue weighted by atomic mass is 9.72. The number of fused-ring (bicyclic) bond motifs is 2. The molecule has 1 N–H and O–H groups in total. The Morgan fingerprint density at radius 2 is 1.92 bits per heavy atom. The number of ether oxygens (including phenoxy) is 1. The molecule has 26 heavy (non-hydrogen) atoms. The molecule has 6 heteroatoms. The van der Waals surface area contributed by atoms with Crippen LogP contribution < -0.4 is 0 Å². The molecule has 2 unspecified atom stereocenters. The monoisotopic (exact) mass is 360 g/mol. The zero-order valence-electron chi connectivity index (χ0n) is 15.5. The molecule has 1 aromatic carbocycles. The predicted molar refractivity (Wildman–Crippen MR) is 93.7 cm³/mol. The van der Waals surface area contributed by atoms with Gasteiger partial charge >= 0.3 is 6.09 Å². The molecular weight excluding hydrogens is 335 g/mol. The zero-order valence-corrected chi connectivity index (χ0v) is 15.5. The van der Waals surface area contributed by atoms with E-state index in [4.69, 9.17) is 10.00 Å². The number of hydrogen-bond donors (Lipinski definition) is 1. The molecule has 0 aliphatic carbocycles. The summed E-state index contributed by atoms with van der Waals surface area (Å²) in [5.41, 5.74) is -1.23. The van der Waals surface area contributed by atoms with Gasteiger partial charge in [0.25, 0.3) is 0 Å². The summed E-state index contributed by atoms with van der Waals surface area (Å²) < 4.78 is 19.4. The van der Waals surface area contributed by atoms with Crippen molar-refractivity contribution in [3.8, 4) is 6.07 Å². The maximum Gasteiger partial charge on any atom is 0.410 e. The molecule has 2 saturated heterocycles. The number of nitriles is 1. The lowest BCUT2D eigenvalue weighted by Gasteiger charge is -2.51. The van der Waals surface area contributed by atoms with E-state index in [0.717, 1.165) is 25.3 Å². The van der Waals surface area contributed by atoms with Gasteiger partial charge in [-0.05, 0) is 63.8 Å². The number of rotatable bonds is 1. The van der Waals surface area contributed by atoms with Crippen molar-refractivity contribution >= 4 is 6.09 Å². The fraction of sp³-hybridized carbons (Fsp3) is 0.600. The van der Waals surface area contributed by atoms with Gasteiger partial charge in [-0.1, -0.05) is 0 Å². The first-order valence-electron chi connectivity index (χ1n) is 9.06. The maximum absolute atomic E-state index is 13.9. The summed E-state index contributed by atoms with van der Waals surface area (Å²) in [4.78, 5) is 14.4. The molecule has 1 amide bonds. The Morgan fingerprint density at radius 1 is 1.31 bits per heavy atom. The van der Waals surface area contributed by atoms with Crippen molar-refractivity contribution in [3.05, 3.63) is 35.1 Å². The molecule has 0 radical (unpaired) electrons.